The van der Waals surface area contributed by atoms with E-state index in [9.17, 15) is 14.7 Å². The first-order valence-corrected chi connectivity index (χ1v) is 15.7. The normalized spacial score (nSPS) is 14.7. The number of carbonyl (C=O) groups excluding carboxylic acids is 2. The molecule has 12 nitrogen and oxygen atoms in total. The molecule has 1 saturated heterocycles. The van der Waals surface area contributed by atoms with Crippen molar-refractivity contribution in [3.63, 3.8) is 0 Å². The molecule has 46 heavy (non-hydrogen) atoms. The zero-order chi connectivity index (χ0) is 33.4. The van der Waals surface area contributed by atoms with Crippen molar-refractivity contribution in [2.75, 3.05) is 57.6 Å². The number of amides is 2. The Hall–Kier alpha value is -4.10. The molecule has 0 unspecified atom stereocenters. The van der Waals surface area contributed by atoms with E-state index < -0.39 is 17.6 Å². The molecule has 252 valence electrons. The van der Waals surface area contributed by atoms with Gasteiger partial charge in [-0.25, -0.2) is 9.59 Å². The van der Waals surface area contributed by atoms with E-state index in [0.717, 1.165) is 37.1 Å². The first-order valence-electron chi connectivity index (χ1n) is 15.7. The third-order valence-electron chi connectivity index (χ3n) is 7.81. The van der Waals surface area contributed by atoms with Gasteiger partial charge < -0.3 is 29.5 Å². The Bertz CT molecular complexity index is 1490. The molecule has 1 aliphatic rings. The number of nitrogens with zero attached hydrogens (tertiary/aromatic N) is 4. The summed E-state index contributed by atoms with van der Waals surface area (Å²) in [5.41, 5.74) is 2.80. The van der Waals surface area contributed by atoms with Gasteiger partial charge in [0.15, 0.2) is 0 Å². The maximum atomic E-state index is 15.4. The lowest BCUT2D eigenvalue weighted by atomic mass is 10.1. The maximum absolute atomic E-state index is 15.4. The Morgan fingerprint density at radius 3 is 2.43 bits per heavy atom. The van der Waals surface area contributed by atoms with Crippen LogP contribution in [0.3, 0.4) is 0 Å². The molecule has 2 aromatic carbocycles. The molecule has 1 aromatic heterocycles. The number of hydrogen-bond acceptors (Lipinski definition) is 9. The van der Waals surface area contributed by atoms with E-state index in [1.54, 1.807) is 22.8 Å². The van der Waals surface area contributed by atoms with Gasteiger partial charge in [-0.05, 0) is 57.4 Å². The minimum absolute atomic E-state index is 0.00247. The Morgan fingerprint density at radius 1 is 1.07 bits per heavy atom. The van der Waals surface area contributed by atoms with Gasteiger partial charge in [-0.1, -0.05) is 25.5 Å². The molecular formula is C33H47FN6O6. The fourth-order valence-electron chi connectivity index (χ4n) is 5.61. The number of ether oxygens (including phenoxy) is 3. The summed E-state index contributed by atoms with van der Waals surface area (Å²) in [6.45, 7) is 11.2. The van der Waals surface area contributed by atoms with Crippen LogP contribution in [0.4, 0.5) is 25.4 Å². The first-order chi connectivity index (χ1) is 21.9. The van der Waals surface area contributed by atoms with E-state index in [2.05, 4.69) is 27.6 Å². The van der Waals surface area contributed by atoms with Gasteiger partial charge >= 0.3 is 12.2 Å². The van der Waals surface area contributed by atoms with Crippen LogP contribution in [0.2, 0.25) is 0 Å². The molecule has 0 bridgehead atoms. The minimum Gasteiger partial charge on any atom is -0.496 e. The fraction of sp³-hybridized carbons (Fsp3) is 0.545. The number of carbonyl (C=O) groups is 2. The lowest BCUT2D eigenvalue weighted by Gasteiger charge is -2.35. The predicted octanol–water partition coefficient (Wildman–Crippen LogP) is 5.43. The average molecular weight is 643 g/mol. The highest BCUT2D eigenvalue weighted by molar-refractivity contribution is 5.97. The summed E-state index contributed by atoms with van der Waals surface area (Å²) in [5.74, 6) is -0.0292. The largest absolute Gasteiger partial charge is 0.496 e. The molecule has 1 fully saturated rings. The number of hydrogen-bond donors (Lipinski definition) is 3. The molecule has 1 atom stereocenters. The van der Waals surface area contributed by atoms with Crippen LogP contribution in [0.5, 0.6) is 5.75 Å². The zero-order valence-electron chi connectivity index (χ0n) is 27.7. The van der Waals surface area contributed by atoms with Gasteiger partial charge in [0.25, 0.3) is 0 Å². The molecule has 0 saturated carbocycles. The molecule has 13 heteroatoms. The number of aliphatic hydroxyl groups excluding tert-OH is 1. The highest BCUT2D eigenvalue weighted by Gasteiger charge is 2.26. The van der Waals surface area contributed by atoms with Gasteiger partial charge in [0, 0.05) is 56.6 Å². The van der Waals surface area contributed by atoms with E-state index in [0.29, 0.717) is 48.7 Å². The van der Waals surface area contributed by atoms with Crippen molar-refractivity contribution in [3.8, 4) is 5.75 Å². The van der Waals surface area contributed by atoms with Crippen molar-refractivity contribution in [1.82, 2.24) is 19.6 Å². The van der Waals surface area contributed by atoms with Gasteiger partial charge in [-0.15, -0.1) is 5.10 Å². The summed E-state index contributed by atoms with van der Waals surface area (Å²) in [5, 5.41) is 20.2. The molecule has 3 N–H and O–H groups in total. The third-order valence-corrected chi connectivity index (χ3v) is 7.81. The van der Waals surface area contributed by atoms with Gasteiger partial charge in [0.1, 0.15) is 11.4 Å². The summed E-state index contributed by atoms with van der Waals surface area (Å²) in [7, 11) is 2.86. The number of nitrogens with one attached hydrogen (secondary N) is 2. The molecule has 3 aromatic rings. The summed E-state index contributed by atoms with van der Waals surface area (Å²) < 4.78 is 33.0. The minimum atomic E-state index is -0.679. The number of rotatable bonds is 12. The number of aromatic nitrogens is 2. The van der Waals surface area contributed by atoms with Gasteiger partial charge in [-0.3, -0.25) is 14.9 Å². The van der Waals surface area contributed by atoms with Crippen molar-refractivity contribution in [2.24, 2.45) is 0 Å². The molecule has 2 heterocycles. The molecular weight excluding hydrogens is 595 g/mol. The Labute approximate surface area is 269 Å². The number of benzene rings is 2. The van der Waals surface area contributed by atoms with Crippen molar-refractivity contribution < 1.29 is 33.3 Å². The van der Waals surface area contributed by atoms with Crippen molar-refractivity contribution >= 4 is 34.5 Å². The number of methoxy groups -OCH3 is 2. The topological polar surface area (TPSA) is 130 Å². The van der Waals surface area contributed by atoms with Crippen molar-refractivity contribution in [1.29, 1.82) is 0 Å². The Kier molecular flexibility index (Phi) is 11.7. The van der Waals surface area contributed by atoms with Crippen LogP contribution in [0.25, 0.3) is 10.9 Å². The molecule has 0 spiro atoms. The second-order valence-electron chi connectivity index (χ2n) is 12.5. The van der Waals surface area contributed by atoms with Crippen LogP contribution in [0.1, 0.15) is 58.1 Å². The van der Waals surface area contributed by atoms with E-state index in [1.165, 1.54) is 13.2 Å². The molecule has 2 amide bonds. The third kappa shape index (κ3) is 9.00. The van der Waals surface area contributed by atoms with E-state index in [1.807, 2.05) is 39.0 Å². The van der Waals surface area contributed by atoms with Crippen LogP contribution in [-0.2, 0) is 22.6 Å². The quantitative estimate of drug-likeness (QED) is 0.237. The SMILES string of the molecule is CCC[C@@H](CCO)Nc1cc(NC(=O)OC)cc2c(F)nn(Cc3ccc(CN4CCN(C(=O)OC(C)(C)C)CC4)cc3OC)c12. The smallest absolute Gasteiger partial charge is 0.411 e. The van der Waals surface area contributed by atoms with Gasteiger partial charge in [0.2, 0.25) is 5.95 Å². The first kappa shape index (κ1) is 34.8. The zero-order valence-corrected chi connectivity index (χ0v) is 27.7. The Balaban J connectivity index is 1.56. The standard InChI is InChI=1S/C33H47FN6O6/c1-7-8-24(11-16-41)35-27-19-25(36-31(42)45-6)18-26-29(27)40(37-30(26)34)21-23-10-9-22(17-28(23)44-5)20-38-12-14-39(15-13-38)32(43)46-33(2,3)4/h9-10,17-19,24,35,41H,7-8,11-16,20-21H2,1-6H3,(H,36,42)/t24-/m0/s1. The summed E-state index contributed by atoms with van der Waals surface area (Å²) in [4.78, 5) is 28.4. The second-order valence-corrected chi connectivity index (χ2v) is 12.5. The van der Waals surface area contributed by atoms with Gasteiger partial charge in [-0.2, -0.15) is 4.39 Å². The number of halogens is 1. The van der Waals surface area contributed by atoms with Crippen LogP contribution < -0.4 is 15.4 Å². The van der Waals surface area contributed by atoms with Crippen LogP contribution >= 0.6 is 0 Å². The van der Waals surface area contributed by atoms with Crippen LogP contribution in [0.15, 0.2) is 30.3 Å². The predicted molar refractivity (Wildman–Crippen MR) is 175 cm³/mol. The van der Waals surface area contributed by atoms with E-state index in [4.69, 9.17) is 14.2 Å². The second kappa shape index (κ2) is 15.5. The molecule has 1 aliphatic heterocycles. The van der Waals surface area contributed by atoms with E-state index in [-0.39, 0.29) is 30.7 Å². The highest BCUT2D eigenvalue weighted by atomic mass is 19.1. The van der Waals surface area contributed by atoms with Crippen LogP contribution in [-0.4, -0.2) is 95.5 Å². The summed E-state index contributed by atoms with van der Waals surface area (Å²) in [6.07, 6.45) is 1.22. The highest BCUT2D eigenvalue weighted by Crippen LogP contribution is 2.33. The summed E-state index contributed by atoms with van der Waals surface area (Å²) in [6, 6.07) is 9.14. The Morgan fingerprint density at radius 2 is 1.80 bits per heavy atom. The summed E-state index contributed by atoms with van der Waals surface area (Å²) >= 11 is 0. The van der Waals surface area contributed by atoms with Gasteiger partial charge in [0.05, 0.1) is 37.4 Å². The number of fused-ring (bicyclic) bond motifs is 1. The molecule has 0 radical (unpaired) electrons. The monoisotopic (exact) mass is 642 g/mol. The lowest BCUT2D eigenvalue weighted by Crippen LogP contribution is -2.49. The van der Waals surface area contributed by atoms with E-state index >= 15 is 4.39 Å². The average Bonchev–Trinajstić information content (AvgIpc) is 3.32. The fourth-order valence-corrected chi connectivity index (χ4v) is 5.61. The van der Waals surface area contributed by atoms with Crippen molar-refractivity contribution in [3.05, 3.63) is 47.4 Å². The van der Waals surface area contributed by atoms with Crippen molar-refractivity contribution in [2.45, 2.75) is 71.7 Å². The number of piperazine rings is 1. The molecule has 4 rings (SSSR count). The lowest BCUT2D eigenvalue weighted by molar-refractivity contribution is 0.0139. The van der Waals surface area contributed by atoms with Crippen LogP contribution in [0, 0.1) is 5.95 Å². The number of anilines is 2. The number of aliphatic hydroxyl groups is 1. The molecule has 0 aliphatic carbocycles. The maximum Gasteiger partial charge on any atom is 0.411 e.